The molecule has 0 radical (unpaired) electrons. The number of ether oxygens (including phenoxy) is 1. The predicted octanol–water partition coefficient (Wildman–Crippen LogP) is 2.95. The summed E-state index contributed by atoms with van der Waals surface area (Å²) < 4.78 is 7.47. The summed E-state index contributed by atoms with van der Waals surface area (Å²) in [6.45, 7) is 4.53. The van der Waals surface area contributed by atoms with E-state index in [2.05, 4.69) is 16.2 Å². The van der Waals surface area contributed by atoms with Crippen molar-refractivity contribution in [2.75, 3.05) is 0 Å². The van der Waals surface area contributed by atoms with Gasteiger partial charge in [0, 0.05) is 30.6 Å². The zero-order valence-corrected chi connectivity index (χ0v) is 16.5. The second-order valence-electron chi connectivity index (χ2n) is 7.21. The summed E-state index contributed by atoms with van der Waals surface area (Å²) >= 11 is 0. The minimum Gasteiger partial charge on any atom is -0.490 e. The van der Waals surface area contributed by atoms with Crippen molar-refractivity contribution in [3.63, 3.8) is 0 Å². The SMILES string of the molecule is CC(C)Oc1ccc(C#N)cc1C(=O)N1Cc2cn(-c3ccnc(C#N)c3)nc2C1. The monoisotopic (exact) mass is 398 g/mol. The molecule has 0 saturated heterocycles. The lowest BCUT2D eigenvalue weighted by atomic mass is 10.1. The number of benzene rings is 1. The molecule has 0 aliphatic carbocycles. The van der Waals surface area contributed by atoms with Gasteiger partial charge in [0.05, 0.1) is 41.2 Å². The molecule has 30 heavy (non-hydrogen) atoms. The number of rotatable bonds is 4. The summed E-state index contributed by atoms with van der Waals surface area (Å²) in [5.41, 5.74) is 3.55. The molecule has 0 N–H and O–H groups in total. The Balaban J connectivity index is 1.58. The highest BCUT2D eigenvalue weighted by Gasteiger charge is 2.29. The molecule has 0 unspecified atom stereocenters. The summed E-state index contributed by atoms with van der Waals surface area (Å²) in [5, 5.41) is 22.8. The van der Waals surface area contributed by atoms with Crippen molar-refractivity contribution >= 4 is 5.91 Å². The van der Waals surface area contributed by atoms with Crippen LogP contribution in [0.3, 0.4) is 0 Å². The molecule has 0 spiro atoms. The minimum absolute atomic E-state index is 0.0956. The lowest BCUT2D eigenvalue weighted by Gasteiger charge is -2.19. The number of aromatic nitrogens is 3. The molecule has 3 heterocycles. The molecule has 4 rings (SSSR count). The zero-order valence-electron chi connectivity index (χ0n) is 16.5. The first kappa shape index (κ1) is 19.2. The minimum atomic E-state index is -0.206. The van der Waals surface area contributed by atoms with Crippen molar-refractivity contribution in [2.24, 2.45) is 0 Å². The second kappa shape index (κ2) is 7.69. The van der Waals surface area contributed by atoms with Crippen molar-refractivity contribution in [2.45, 2.75) is 33.0 Å². The van der Waals surface area contributed by atoms with Gasteiger partial charge in [0.15, 0.2) is 0 Å². The van der Waals surface area contributed by atoms with E-state index in [0.29, 0.717) is 35.7 Å². The van der Waals surface area contributed by atoms with E-state index in [1.165, 1.54) is 0 Å². The van der Waals surface area contributed by atoms with Gasteiger partial charge >= 0.3 is 0 Å². The van der Waals surface area contributed by atoms with E-state index in [1.54, 1.807) is 46.1 Å². The van der Waals surface area contributed by atoms with Crippen LogP contribution in [0.2, 0.25) is 0 Å². The maximum absolute atomic E-state index is 13.2. The summed E-state index contributed by atoms with van der Waals surface area (Å²) in [6.07, 6.45) is 3.33. The molecule has 1 aliphatic heterocycles. The Kier molecular flexibility index (Phi) is 4.91. The highest BCUT2D eigenvalue weighted by Crippen LogP contribution is 2.28. The van der Waals surface area contributed by atoms with Gasteiger partial charge in [-0.25, -0.2) is 9.67 Å². The smallest absolute Gasteiger partial charge is 0.258 e. The third-order valence-electron chi connectivity index (χ3n) is 4.69. The van der Waals surface area contributed by atoms with Crippen LogP contribution in [0.15, 0.2) is 42.7 Å². The number of pyridine rings is 1. The lowest BCUT2D eigenvalue weighted by molar-refractivity contribution is 0.0743. The van der Waals surface area contributed by atoms with Crippen molar-refractivity contribution in [1.29, 1.82) is 10.5 Å². The first-order valence-corrected chi connectivity index (χ1v) is 9.42. The number of fused-ring (bicyclic) bond motifs is 1. The van der Waals surface area contributed by atoms with E-state index in [1.807, 2.05) is 26.1 Å². The van der Waals surface area contributed by atoms with Gasteiger partial charge in [-0.3, -0.25) is 4.79 Å². The Morgan fingerprint density at radius 3 is 2.70 bits per heavy atom. The molecule has 1 amide bonds. The number of hydrogen-bond acceptors (Lipinski definition) is 6. The third-order valence-corrected chi connectivity index (χ3v) is 4.69. The molecule has 3 aromatic rings. The Bertz CT molecular complexity index is 1190. The number of carbonyl (C=O) groups is 1. The van der Waals surface area contributed by atoms with E-state index < -0.39 is 0 Å². The molecule has 1 aliphatic rings. The summed E-state index contributed by atoms with van der Waals surface area (Å²) in [4.78, 5) is 18.8. The molecule has 8 heteroatoms. The molecule has 2 aromatic heterocycles. The fourth-order valence-corrected chi connectivity index (χ4v) is 3.35. The lowest BCUT2D eigenvalue weighted by Crippen LogP contribution is -2.27. The zero-order chi connectivity index (χ0) is 21.3. The van der Waals surface area contributed by atoms with E-state index in [0.717, 1.165) is 16.9 Å². The molecule has 8 nitrogen and oxygen atoms in total. The van der Waals surface area contributed by atoms with E-state index >= 15 is 0 Å². The van der Waals surface area contributed by atoms with E-state index in [4.69, 9.17) is 10.00 Å². The maximum atomic E-state index is 13.2. The second-order valence-corrected chi connectivity index (χ2v) is 7.21. The van der Waals surface area contributed by atoms with Crippen molar-refractivity contribution < 1.29 is 9.53 Å². The van der Waals surface area contributed by atoms with Crippen LogP contribution in [-0.4, -0.2) is 31.7 Å². The highest BCUT2D eigenvalue weighted by atomic mass is 16.5. The normalized spacial score (nSPS) is 12.4. The van der Waals surface area contributed by atoms with Gasteiger partial charge in [-0.15, -0.1) is 0 Å². The van der Waals surface area contributed by atoms with Gasteiger partial charge in [-0.1, -0.05) is 0 Å². The van der Waals surface area contributed by atoms with Crippen molar-refractivity contribution in [3.8, 4) is 23.6 Å². The predicted molar refractivity (Wildman–Crippen MR) is 107 cm³/mol. The van der Waals surface area contributed by atoms with Crippen molar-refractivity contribution in [3.05, 3.63) is 70.8 Å². The Labute approximate surface area is 173 Å². The quantitative estimate of drug-likeness (QED) is 0.669. The van der Waals surface area contributed by atoms with Crippen LogP contribution in [0.4, 0.5) is 0 Å². The molecule has 148 valence electrons. The third kappa shape index (κ3) is 3.59. The number of amides is 1. The molecule has 0 atom stereocenters. The molecule has 1 aromatic carbocycles. The first-order valence-electron chi connectivity index (χ1n) is 9.42. The summed E-state index contributed by atoms with van der Waals surface area (Å²) in [6, 6.07) is 12.4. The summed E-state index contributed by atoms with van der Waals surface area (Å²) in [5.74, 6) is 0.257. The number of carbonyl (C=O) groups excluding carboxylic acids is 1. The molecule has 0 bridgehead atoms. The summed E-state index contributed by atoms with van der Waals surface area (Å²) in [7, 11) is 0. The van der Waals surface area contributed by atoms with E-state index in [-0.39, 0.29) is 12.0 Å². The van der Waals surface area contributed by atoms with Gasteiger partial charge in [-0.05, 0) is 38.1 Å². The molecular weight excluding hydrogens is 380 g/mol. The topological polar surface area (TPSA) is 108 Å². The van der Waals surface area contributed by atoms with Gasteiger partial charge < -0.3 is 9.64 Å². The first-order chi connectivity index (χ1) is 14.5. The van der Waals surface area contributed by atoms with Crippen LogP contribution < -0.4 is 4.74 Å². The maximum Gasteiger partial charge on any atom is 0.258 e. The molecule has 0 saturated carbocycles. The fourth-order valence-electron chi connectivity index (χ4n) is 3.35. The van der Waals surface area contributed by atoms with Crippen LogP contribution in [0.5, 0.6) is 5.75 Å². The standard InChI is InChI=1S/C22H18N6O2/c1-14(2)30-21-4-3-15(9-23)7-19(21)22(29)27-11-16-12-28(26-20(16)13-27)18-5-6-25-17(8-18)10-24/h3-8,12,14H,11,13H2,1-2H3. The Morgan fingerprint density at radius 2 is 2.00 bits per heavy atom. The highest BCUT2D eigenvalue weighted by molar-refractivity contribution is 5.97. The van der Waals surface area contributed by atoms with E-state index in [9.17, 15) is 10.1 Å². The molecule has 0 fully saturated rings. The van der Waals surface area contributed by atoms with Crippen molar-refractivity contribution in [1.82, 2.24) is 19.7 Å². The fraction of sp³-hybridized carbons (Fsp3) is 0.227. The van der Waals surface area contributed by atoms with Crippen LogP contribution in [0.25, 0.3) is 5.69 Å². The average Bonchev–Trinajstić information content (AvgIpc) is 3.32. The Morgan fingerprint density at radius 1 is 1.17 bits per heavy atom. The van der Waals surface area contributed by atoms with Gasteiger partial charge in [-0.2, -0.15) is 15.6 Å². The van der Waals surface area contributed by atoms with Gasteiger partial charge in [0.1, 0.15) is 17.5 Å². The molecular formula is C22H18N6O2. The largest absolute Gasteiger partial charge is 0.490 e. The number of nitriles is 2. The van der Waals surface area contributed by atoms with Crippen LogP contribution in [0, 0.1) is 22.7 Å². The van der Waals surface area contributed by atoms with Crippen LogP contribution >= 0.6 is 0 Å². The van der Waals surface area contributed by atoms with Gasteiger partial charge in [0.2, 0.25) is 0 Å². The number of nitrogens with zero attached hydrogens (tertiary/aromatic N) is 6. The van der Waals surface area contributed by atoms with Crippen LogP contribution in [-0.2, 0) is 13.1 Å². The number of hydrogen-bond donors (Lipinski definition) is 0. The average molecular weight is 398 g/mol. The van der Waals surface area contributed by atoms with Gasteiger partial charge in [0.25, 0.3) is 5.91 Å². The van der Waals surface area contributed by atoms with Crippen LogP contribution in [0.1, 0.15) is 46.7 Å². The Hall–Kier alpha value is -4.17.